The number of hydrogen-bond donors (Lipinski definition) is 0. The van der Waals surface area contributed by atoms with Crippen molar-refractivity contribution in [2.45, 2.75) is 0 Å². The lowest BCUT2D eigenvalue weighted by Crippen LogP contribution is -2.48. The molecule has 0 spiro atoms. The maximum atomic E-state index is 12.7. The summed E-state index contributed by atoms with van der Waals surface area (Å²) >= 11 is 3.39. The number of carbonyl (C=O) groups excluding carboxylic acids is 1. The molecule has 1 fully saturated rings. The van der Waals surface area contributed by atoms with Gasteiger partial charge in [-0.3, -0.25) is 4.79 Å². The summed E-state index contributed by atoms with van der Waals surface area (Å²) in [5, 5.41) is 9.38. The first-order chi connectivity index (χ1) is 13.2. The molecule has 0 radical (unpaired) electrons. The van der Waals surface area contributed by atoms with Gasteiger partial charge in [0.1, 0.15) is 6.07 Å². The van der Waals surface area contributed by atoms with Gasteiger partial charge in [-0.1, -0.05) is 22.0 Å². The largest absolute Gasteiger partial charge is 0.459 e. The Morgan fingerprint density at radius 2 is 2.00 bits per heavy atom. The van der Waals surface area contributed by atoms with E-state index in [4.69, 9.17) is 8.83 Å². The van der Waals surface area contributed by atoms with Gasteiger partial charge in [-0.2, -0.15) is 10.2 Å². The summed E-state index contributed by atoms with van der Waals surface area (Å²) in [5.41, 5.74) is 0.864. The van der Waals surface area contributed by atoms with Gasteiger partial charge in [-0.05, 0) is 30.3 Å². The number of carbonyl (C=O) groups is 1. The van der Waals surface area contributed by atoms with E-state index in [1.807, 2.05) is 23.1 Å². The number of amides is 1. The van der Waals surface area contributed by atoms with Crippen LogP contribution >= 0.6 is 15.9 Å². The van der Waals surface area contributed by atoms with Crippen molar-refractivity contribution in [3.05, 3.63) is 58.4 Å². The number of piperazine rings is 1. The zero-order valence-electron chi connectivity index (χ0n) is 14.3. The highest BCUT2D eigenvalue weighted by atomic mass is 79.9. The van der Waals surface area contributed by atoms with E-state index in [9.17, 15) is 10.1 Å². The second-order valence-electron chi connectivity index (χ2n) is 6.05. The van der Waals surface area contributed by atoms with Gasteiger partial charge in [0, 0.05) is 36.2 Å². The highest BCUT2D eigenvalue weighted by Crippen LogP contribution is 2.29. The first-order valence-corrected chi connectivity index (χ1v) is 9.19. The molecule has 0 bridgehead atoms. The molecule has 0 saturated carbocycles. The van der Waals surface area contributed by atoms with E-state index in [0.29, 0.717) is 43.4 Å². The molecule has 0 aliphatic carbocycles. The van der Waals surface area contributed by atoms with Gasteiger partial charge in [0.25, 0.3) is 11.8 Å². The van der Waals surface area contributed by atoms with Crippen molar-refractivity contribution in [2.75, 3.05) is 31.1 Å². The Hall–Kier alpha value is -3.05. The molecule has 27 heavy (non-hydrogen) atoms. The molecule has 1 aromatic carbocycles. The lowest BCUT2D eigenvalue weighted by atomic mass is 10.2. The van der Waals surface area contributed by atoms with Crippen molar-refractivity contribution < 1.29 is 13.6 Å². The SMILES string of the molecule is N#Cc1nc(-c2ccco2)oc1N1CCN(C(=O)c2cccc(Br)c2)CC1. The molecule has 7 nitrogen and oxygen atoms in total. The third-order valence-corrected chi connectivity index (χ3v) is 4.87. The molecule has 1 amide bonds. The highest BCUT2D eigenvalue weighted by Gasteiger charge is 2.27. The van der Waals surface area contributed by atoms with E-state index in [-0.39, 0.29) is 17.5 Å². The van der Waals surface area contributed by atoms with Crippen molar-refractivity contribution >= 4 is 27.7 Å². The zero-order valence-corrected chi connectivity index (χ0v) is 15.8. The minimum atomic E-state index is -0.00898. The number of hydrogen-bond acceptors (Lipinski definition) is 6. The molecule has 0 N–H and O–H groups in total. The van der Waals surface area contributed by atoms with Gasteiger partial charge in [0.2, 0.25) is 11.6 Å². The number of nitrogens with zero attached hydrogens (tertiary/aromatic N) is 4. The van der Waals surface area contributed by atoms with Crippen LogP contribution in [-0.4, -0.2) is 42.0 Å². The molecule has 1 aliphatic rings. The van der Waals surface area contributed by atoms with Crippen LogP contribution in [0.25, 0.3) is 11.7 Å². The van der Waals surface area contributed by atoms with E-state index in [1.54, 1.807) is 23.1 Å². The Labute approximate surface area is 163 Å². The molecule has 1 aliphatic heterocycles. The summed E-state index contributed by atoms with van der Waals surface area (Å²) in [7, 11) is 0. The molecule has 4 rings (SSSR count). The minimum absolute atomic E-state index is 0.00898. The van der Waals surface area contributed by atoms with Crippen molar-refractivity contribution in [2.24, 2.45) is 0 Å². The molecule has 1 saturated heterocycles. The summed E-state index contributed by atoms with van der Waals surface area (Å²) < 4.78 is 11.9. The lowest BCUT2D eigenvalue weighted by molar-refractivity contribution is 0.0745. The summed E-state index contributed by atoms with van der Waals surface area (Å²) in [5.74, 6) is 1.16. The van der Waals surface area contributed by atoms with Crippen LogP contribution in [-0.2, 0) is 0 Å². The fourth-order valence-corrected chi connectivity index (χ4v) is 3.42. The minimum Gasteiger partial charge on any atom is -0.459 e. The second kappa shape index (κ2) is 7.29. The molecule has 3 heterocycles. The average Bonchev–Trinajstić information content (AvgIpc) is 3.37. The fraction of sp³-hybridized carbons (Fsp3) is 0.211. The fourth-order valence-electron chi connectivity index (χ4n) is 3.02. The molecule has 8 heteroatoms. The van der Waals surface area contributed by atoms with Crippen molar-refractivity contribution in [1.82, 2.24) is 9.88 Å². The van der Waals surface area contributed by atoms with Crippen LogP contribution in [0.4, 0.5) is 5.88 Å². The first kappa shape index (κ1) is 17.4. The van der Waals surface area contributed by atoms with Crippen molar-refractivity contribution in [1.29, 1.82) is 5.26 Å². The number of nitriles is 1. The number of anilines is 1. The number of halogens is 1. The van der Waals surface area contributed by atoms with Gasteiger partial charge in [0.15, 0.2) is 5.76 Å². The molecule has 0 atom stereocenters. The quantitative estimate of drug-likeness (QED) is 0.636. The van der Waals surface area contributed by atoms with Crippen LogP contribution in [0.15, 0.2) is 56.0 Å². The normalized spacial score (nSPS) is 14.2. The smallest absolute Gasteiger partial charge is 0.266 e. The number of aromatic nitrogens is 1. The number of rotatable bonds is 3. The number of furan rings is 1. The molecular weight excluding hydrogens is 412 g/mol. The summed E-state index contributed by atoms with van der Waals surface area (Å²) in [6, 6.07) is 12.9. The highest BCUT2D eigenvalue weighted by molar-refractivity contribution is 9.10. The topological polar surface area (TPSA) is 86.5 Å². The van der Waals surface area contributed by atoms with E-state index < -0.39 is 0 Å². The average molecular weight is 427 g/mol. The maximum absolute atomic E-state index is 12.7. The predicted molar refractivity (Wildman–Crippen MR) is 101 cm³/mol. The molecule has 136 valence electrons. The zero-order chi connectivity index (χ0) is 18.8. The first-order valence-electron chi connectivity index (χ1n) is 8.40. The predicted octanol–water partition coefficient (Wildman–Crippen LogP) is 3.53. The van der Waals surface area contributed by atoms with E-state index >= 15 is 0 Å². The van der Waals surface area contributed by atoms with Gasteiger partial charge in [0.05, 0.1) is 6.26 Å². The van der Waals surface area contributed by atoms with Crippen LogP contribution in [0.1, 0.15) is 16.1 Å². The molecule has 3 aromatic rings. The van der Waals surface area contributed by atoms with Crippen molar-refractivity contribution in [3.8, 4) is 17.7 Å². The Morgan fingerprint density at radius 1 is 1.19 bits per heavy atom. The Balaban J connectivity index is 1.48. The van der Waals surface area contributed by atoms with E-state index in [2.05, 4.69) is 27.0 Å². The third-order valence-electron chi connectivity index (χ3n) is 4.37. The van der Waals surface area contributed by atoms with Crippen LogP contribution in [0, 0.1) is 11.3 Å². The van der Waals surface area contributed by atoms with Crippen molar-refractivity contribution in [3.63, 3.8) is 0 Å². The van der Waals surface area contributed by atoms with Crippen LogP contribution in [0.2, 0.25) is 0 Å². The van der Waals surface area contributed by atoms with Crippen LogP contribution in [0.3, 0.4) is 0 Å². The summed E-state index contributed by atoms with van der Waals surface area (Å²) in [6.45, 7) is 2.18. The summed E-state index contributed by atoms with van der Waals surface area (Å²) in [4.78, 5) is 20.6. The van der Waals surface area contributed by atoms with Gasteiger partial charge in [-0.25, -0.2) is 0 Å². The number of oxazole rings is 1. The van der Waals surface area contributed by atoms with Gasteiger partial charge >= 0.3 is 0 Å². The van der Waals surface area contributed by atoms with Gasteiger partial charge < -0.3 is 18.6 Å². The Kier molecular flexibility index (Phi) is 4.69. The van der Waals surface area contributed by atoms with Crippen LogP contribution in [0.5, 0.6) is 0 Å². The standard InChI is InChI=1S/C19H15BrN4O3/c20-14-4-1-3-13(11-14)18(25)23-6-8-24(9-7-23)19-15(12-21)22-17(27-19)16-5-2-10-26-16/h1-5,10-11H,6-9H2. The van der Waals surface area contributed by atoms with Gasteiger partial charge in [-0.15, -0.1) is 0 Å². The Bertz CT molecular complexity index is 998. The molecular formula is C19H15BrN4O3. The number of benzene rings is 1. The maximum Gasteiger partial charge on any atom is 0.266 e. The third kappa shape index (κ3) is 3.46. The summed E-state index contributed by atoms with van der Waals surface area (Å²) in [6.07, 6.45) is 1.53. The van der Waals surface area contributed by atoms with E-state index in [0.717, 1.165) is 4.47 Å². The monoisotopic (exact) mass is 426 g/mol. The molecule has 2 aromatic heterocycles. The Morgan fingerprint density at radius 3 is 2.67 bits per heavy atom. The molecule has 0 unspecified atom stereocenters. The second-order valence-corrected chi connectivity index (χ2v) is 6.97. The lowest BCUT2D eigenvalue weighted by Gasteiger charge is -2.34. The van der Waals surface area contributed by atoms with E-state index in [1.165, 1.54) is 6.26 Å². The van der Waals surface area contributed by atoms with Crippen LogP contribution < -0.4 is 4.90 Å².